The molecular weight excluding hydrogens is 451 g/mol. The minimum Gasteiger partial charge on any atom is -0.452 e. The topological polar surface area (TPSA) is 92.8 Å². The number of ether oxygens (including phenoxy) is 1. The van der Waals surface area contributed by atoms with Gasteiger partial charge in [-0.25, -0.2) is 9.18 Å². The third-order valence-electron chi connectivity index (χ3n) is 4.92. The van der Waals surface area contributed by atoms with Gasteiger partial charge in [0.05, 0.1) is 28.9 Å². The van der Waals surface area contributed by atoms with Crippen molar-refractivity contribution in [3.63, 3.8) is 0 Å². The number of amides is 3. The number of hydrogen-bond donors (Lipinski definition) is 1. The largest absolute Gasteiger partial charge is 0.452 e. The Morgan fingerprint density at radius 3 is 2.33 bits per heavy atom. The number of fused-ring (bicyclic) bond motifs is 1. The maximum atomic E-state index is 13.7. The zero-order chi connectivity index (χ0) is 23.5. The van der Waals surface area contributed by atoms with E-state index in [9.17, 15) is 23.6 Å². The molecule has 0 fully saturated rings. The van der Waals surface area contributed by atoms with Crippen LogP contribution in [0.5, 0.6) is 0 Å². The third-order valence-corrected chi connectivity index (χ3v) is 5.15. The predicted octanol–water partition coefficient (Wildman–Crippen LogP) is 4.07. The Morgan fingerprint density at radius 1 is 0.939 bits per heavy atom. The van der Waals surface area contributed by atoms with Crippen molar-refractivity contribution >= 4 is 41.0 Å². The highest BCUT2D eigenvalue weighted by Crippen LogP contribution is 2.24. The van der Waals surface area contributed by atoms with E-state index in [0.29, 0.717) is 16.7 Å². The quantitative estimate of drug-likeness (QED) is 0.436. The molecule has 33 heavy (non-hydrogen) atoms. The fourth-order valence-electron chi connectivity index (χ4n) is 3.36. The van der Waals surface area contributed by atoms with E-state index in [4.69, 9.17) is 16.3 Å². The Labute approximate surface area is 192 Å². The molecule has 166 valence electrons. The smallest absolute Gasteiger partial charge is 0.338 e. The van der Waals surface area contributed by atoms with Crippen LogP contribution in [0.2, 0.25) is 5.02 Å². The van der Waals surface area contributed by atoms with E-state index in [0.717, 1.165) is 11.0 Å². The van der Waals surface area contributed by atoms with Gasteiger partial charge in [-0.1, -0.05) is 35.9 Å². The highest BCUT2D eigenvalue weighted by Gasteiger charge is 2.35. The van der Waals surface area contributed by atoms with Gasteiger partial charge >= 0.3 is 5.97 Å². The molecule has 1 heterocycles. The van der Waals surface area contributed by atoms with Crippen LogP contribution in [0.4, 0.5) is 10.1 Å². The van der Waals surface area contributed by atoms with E-state index in [-0.39, 0.29) is 22.8 Å². The van der Waals surface area contributed by atoms with Crippen molar-refractivity contribution in [2.75, 3.05) is 11.9 Å². The van der Waals surface area contributed by atoms with Gasteiger partial charge in [0.25, 0.3) is 17.7 Å². The number of benzene rings is 3. The lowest BCUT2D eigenvalue weighted by Crippen LogP contribution is -2.29. The normalized spacial score (nSPS) is 12.5. The number of halogens is 2. The molecule has 0 unspecified atom stereocenters. The highest BCUT2D eigenvalue weighted by molar-refractivity contribution is 6.30. The van der Waals surface area contributed by atoms with E-state index < -0.39 is 36.1 Å². The standard InChI is InChI=1S/C24H16ClFN2O5/c25-16-8-9-19(26)20(11-16)27-21(29)13-33-24(32)15-5-3-4-14(10-15)12-28-22(30)17-6-1-2-7-18(17)23(28)31/h1-11H,12-13H2,(H,27,29). The maximum Gasteiger partial charge on any atom is 0.338 e. The van der Waals surface area contributed by atoms with E-state index in [2.05, 4.69) is 5.32 Å². The molecule has 0 radical (unpaired) electrons. The fraction of sp³-hybridized carbons (Fsp3) is 0.0833. The predicted molar refractivity (Wildman–Crippen MR) is 117 cm³/mol. The molecule has 0 bridgehead atoms. The average Bonchev–Trinajstić information content (AvgIpc) is 3.05. The molecule has 1 aliphatic heterocycles. The lowest BCUT2D eigenvalue weighted by Gasteiger charge is -2.14. The molecule has 0 spiro atoms. The van der Waals surface area contributed by atoms with Crippen LogP contribution in [0.15, 0.2) is 66.7 Å². The Hall–Kier alpha value is -4.04. The molecule has 0 aromatic heterocycles. The Morgan fingerprint density at radius 2 is 1.64 bits per heavy atom. The van der Waals surface area contributed by atoms with Gasteiger partial charge in [-0.3, -0.25) is 19.3 Å². The molecule has 7 nitrogen and oxygen atoms in total. The van der Waals surface area contributed by atoms with Gasteiger partial charge in [-0.05, 0) is 48.0 Å². The number of nitrogens with zero attached hydrogens (tertiary/aromatic N) is 1. The van der Waals surface area contributed by atoms with Crippen molar-refractivity contribution in [3.8, 4) is 0 Å². The Kier molecular flexibility index (Phi) is 6.19. The van der Waals surface area contributed by atoms with Gasteiger partial charge in [-0.15, -0.1) is 0 Å². The lowest BCUT2D eigenvalue weighted by atomic mass is 10.1. The number of esters is 1. The first-order valence-electron chi connectivity index (χ1n) is 9.79. The van der Waals surface area contributed by atoms with Gasteiger partial charge in [0.1, 0.15) is 5.82 Å². The molecule has 0 atom stereocenters. The molecule has 1 N–H and O–H groups in total. The van der Waals surface area contributed by atoms with Crippen LogP contribution < -0.4 is 5.32 Å². The second kappa shape index (κ2) is 9.22. The van der Waals surface area contributed by atoms with Crippen molar-refractivity contribution in [1.82, 2.24) is 4.90 Å². The summed E-state index contributed by atoms with van der Waals surface area (Å²) in [6.07, 6.45) is 0. The summed E-state index contributed by atoms with van der Waals surface area (Å²) >= 11 is 5.78. The second-order valence-corrected chi connectivity index (χ2v) is 7.63. The molecular formula is C24H16ClFN2O5. The molecule has 1 aliphatic rings. The molecule has 3 aromatic rings. The first-order chi connectivity index (χ1) is 15.8. The molecule has 0 aliphatic carbocycles. The highest BCUT2D eigenvalue weighted by atomic mass is 35.5. The summed E-state index contributed by atoms with van der Waals surface area (Å²) in [5.41, 5.74) is 1.20. The zero-order valence-corrected chi connectivity index (χ0v) is 17.8. The molecule has 9 heteroatoms. The van der Waals surface area contributed by atoms with Crippen molar-refractivity contribution in [2.24, 2.45) is 0 Å². The van der Waals surface area contributed by atoms with Crippen LogP contribution in [0.25, 0.3) is 0 Å². The minimum absolute atomic E-state index is 0.0258. The summed E-state index contributed by atoms with van der Waals surface area (Å²) in [6.45, 7) is -0.671. The van der Waals surface area contributed by atoms with Crippen molar-refractivity contribution in [2.45, 2.75) is 6.54 Å². The summed E-state index contributed by atoms with van der Waals surface area (Å²) < 4.78 is 18.7. The summed E-state index contributed by atoms with van der Waals surface area (Å²) in [4.78, 5) is 50.6. The first-order valence-corrected chi connectivity index (χ1v) is 10.2. The summed E-state index contributed by atoms with van der Waals surface area (Å²) in [6, 6.07) is 16.4. The van der Waals surface area contributed by atoms with E-state index in [1.54, 1.807) is 36.4 Å². The average molecular weight is 467 g/mol. The third kappa shape index (κ3) is 4.75. The summed E-state index contributed by atoms with van der Waals surface area (Å²) in [5, 5.41) is 2.51. The van der Waals surface area contributed by atoms with Crippen LogP contribution in [-0.2, 0) is 16.1 Å². The fourth-order valence-corrected chi connectivity index (χ4v) is 3.53. The Balaban J connectivity index is 1.38. The van der Waals surface area contributed by atoms with Crippen LogP contribution in [0, 0.1) is 5.82 Å². The van der Waals surface area contributed by atoms with Gasteiger partial charge in [0.2, 0.25) is 0 Å². The minimum atomic E-state index is -0.791. The zero-order valence-electron chi connectivity index (χ0n) is 17.0. The summed E-state index contributed by atoms with van der Waals surface area (Å²) in [7, 11) is 0. The number of nitrogens with one attached hydrogen (secondary N) is 1. The number of imide groups is 1. The van der Waals surface area contributed by atoms with Crippen molar-refractivity contribution < 1.29 is 28.3 Å². The number of carbonyl (C=O) groups is 4. The second-order valence-electron chi connectivity index (χ2n) is 7.19. The number of rotatable bonds is 6. The van der Waals surface area contributed by atoms with Crippen LogP contribution in [-0.4, -0.2) is 35.2 Å². The molecule has 0 saturated heterocycles. The molecule has 3 amide bonds. The number of hydrogen-bond acceptors (Lipinski definition) is 5. The van der Waals surface area contributed by atoms with E-state index >= 15 is 0 Å². The molecule has 0 saturated carbocycles. The first kappa shape index (κ1) is 22.2. The Bertz CT molecular complexity index is 1260. The van der Waals surface area contributed by atoms with E-state index in [1.807, 2.05) is 0 Å². The molecule has 3 aromatic carbocycles. The van der Waals surface area contributed by atoms with Crippen molar-refractivity contribution in [1.29, 1.82) is 0 Å². The van der Waals surface area contributed by atoms with Gasteiger partial charge in [0, 0.05) is 5.02 Å². The van der Waals surface area contributed by atoms with Gasteiger partial charge in [0.15, 0.2) is 6.61 Å². The molecule has 4 rings (SSSR count). The van der Waals surface area contributed by atoms with Gasteiger partial charge in [-0.2, -0.15) is 0 Å². The SMILES string of the molecule is O=C(COC(=O)c1cccc(CN2C(=O)c3ccccc3C2=O)c1)Nc1cc(Cl)ccc1F. The van der Waals surface area contributed by atoms with Gasteiger partial charge < -0.3 is 10.1 Å². The number of anilines is 1. The van der Waals surface area contributed by atoms with Crippen LogP contribution in [0.3, 0.4) is 0 Å². The van der Waals surface area contributed by atoms with E-state index in [1.165, 1.54) is 24.3 Å². The van der Waals surface area contributed by atoms with Crippen LogP contribution in [0.1, 0.15) is 36.6 Å². The maximum absolute atomic E-state index is 13.7. The number of carbonyl (C=O) groups excluding carboxylic acids is 4. The van der Waals surface area contributed by atoms with Crippen LogP contribution >= 0.6 is 11.6 Å². The van der Waals surface area contributed by atoms with Crippen molar-refractivity contribution in [3.05, 3.63) is 99.8 Å². The summed E-state index contributed by atoms with van der Waals surface area (Å²) in [5.74, 6) is -3.03. The lowest BCUT2D eigenvalue weighted by molar-refractivity contribution is -0.119. The monoisotopic (exact) mass is 466 g/mol.